The van der Waals surface area contributed by atoms with Gasteiger partial charge in [0.1, 0.15) is 11.4 Å². The normalized spacial score (nSPS) is 14.7. The van der Waals surface area contributed by atoms with E-state index < -0.39 is 0 Å². The first kappa shape index (κ1) is 8.12. The highest BCUT2D eigenvalue weighted by atomic mass is 16.4. The van der Waals surface area contributed by atoms with Crippen LogP contribution in [0.4, 0.5) is 11.6 Å². The van der Waals surface area contributed by atoms with Crippen molar-refractivity contribution in [3.05, 3.63) is 11.8 Å². The monoisotopic (exact) mass is 181 g/mol. The molecule has 0 unspecified atom stereocenters. The maximum Gasteiger partial charge on any atom is 0.243 e. The summed E-state index contributed by atoms with van der Waals surface area (Å²) in [6.45, 7) is 0.808. The smallest absolute Gasteiger partial charge is 0.243 e. The molecule has 5 nitrogen and oxygen atoms in total. The maximum atomic E-state index is 11.0. The molecular formula is C8H11N3O2. The number of fused-ring (bicyclic) bond motifs is 1. The van der Waals surface area contributed by atoms with Crippen LogP contribution in [0.2, 0.25) is 0 Å². The highest BCUT2D eigenvalue weighted by molar-refractivity contribution is 5.99. The number of nitrogens with two attached hydrogens (primary N) is 1. The summed E-state index contributed by atoms with van der Waals surface area (Å²) in [4.78, 5) is 11.0. The zero-order valence-electron chi connectivity index (χ0n) is 7.09. The molecule has 70 valence electrons. The van der Waals surface area contributed by atoms with E-state index in [-0.39, 0.29) is 12.5 Å². The van der Waals surface area contributed by atoms with E-state index >= 15 is 0 Å². The van der Waals surface area contributed by atoms with Crippen LogP contribution in [0.3, 0.4) is 0 Å². The minimum absolute atomic E-state index is 0.0485. The van der Waals surface area contributed by atoms with Crippen LogP contribution in [0.15, 0.2) is 10.5 Å². The van der Waals surface area contributed by atoms with Gasteiger partial charge in [-0.2, -0.15) is 0 Å². The Kier molecular flexibility index (Phi) is 1.94. The van der Waals surface area contributed by atoms with Crippen LogP contribution in [0.1, 0.15) is 5.76 Å². The van der Waals surface area contributed by atoms with Gasteiger partial charge >= 0.3 is 0 Å². The van der Waals surface area contributed by atoms with E-state index in [1.807, 2.05) is 0 Å². The number of nitrogens with one attached hydrogen (secondary N) is 2. The molecule has 0 saturated heterocycles. The van der Waals surface area contributed by atoms with E-state index in [1.165, 1.54) is 0 Å². The quantitative estimate of drug-likeness (QED) is 0.606. The fourth-order valence-corrected chi connectivity index (χ4v) is 1.29. The molecule has 0 aliphatic carbocycles. The van der Waals surface area contributed by atoms with Gasteiger partial charge in [0.15, 0.2) is 0 Å². The van der Waals surface area contributed by atoms with E-state index in [1.54, 1.807) is 6.07 Å². The summed E-state index contributed by atoms with van der Waals surface area (Å²) in [7, 11) is 0. The zero-order valence-corrected chi connectivity index (χ0v) is 7.09. The lowest BCUT2D eigenvalue weighted by Crippen LogP contribution is -2.26. The maximum absolute atomic E-state index is 11.0. The van der Waals surface area contributed by atoms with Gasteiger partial charge in [0.25, 0.3) is 0 Å². The Morgan fingerprint density at radius 1 is 1.62 bits per heavy atom. The van der Waals surface area contributed by atoms with Gasteiger partial charge in [0.05, 0.1) is 6.54 Å². The molecule has 1 aromatic heterocycles. The molecular weight excluding hydrogens is 170 g/mol. The molecule has 0 saturated carbocycles. The molecule has 4 N–H and O–H groups in total. The first-order valence-corrected chi connectivity index (χ1v) is 4.16. The van der Waals surface area contributed by atoms with Crippen LogP contribution in [0.25, 0.3) is 0 Å². The number of furan rings is 1. The third-order valence-corrected chi connectivity index (χ3v) is 1.86. The number of carbonyl (C=O) groups excluding carboxylic acids is 1. The molecule has 13 heavy (non-hydrogen) atoms. The van der Waals surface area contributed by atoms with Gasteiger partial charge in [-0.25, -0.2) is 0 Å². The predicted octanol–water partition coefficient (Wildman–Crippen LogP) is 0.145. The van der Waals surface area contributed by atoms with E-state index in [9.17, 15) is 4.79 Å². The van der Waals surface area contributed by atoms with Crippen molar-refractivity contribution in [2.24, 2.45) is 5.73 Å². The van der Waals surface area contributed by atoms with E-state index in [0.717, 1.165) is 5.76 Å². The highest BCUT2D eigenvalue weighted by Crippen LogP contribution is 2.28. The first-order chi connectivity index (χ1) is 6.29. The molecule has 0 aromatic carbocycles. The standard InChI is InChI=1S/C8H11N3O2/c9-2-1-5-3-6-8(13-5)10-4-7(12)11-6/h3,10H,1-2,4,9H2,(H,11,12). The van der Waals surface area contributed by atoms with Gasteiger partial charge in [-0.05, 0) is 6.54 Å². The van der Waals surface area contributed by atoms with Crippen LogP contribution in [0.5, 0.6) is 0 Å². The lowest BCUT2D eigenvalue weighted by Gasteiger charge is -2.11. The second-order valence-corrected chi connectivity index (χ2v) is 2.90. The topological polar surface area (TPSA) is 80.3 Å². The number of rotatable bonds is 2. The Morgan fingerprint density at radius 2 is 2.46 bits per heavy atom. The summed E-state index contributed by atoms with van der Waals surface area (Å²) in [5.41, 5.74) is 6.09. The molecule has 0 bridgehead atoms. The highest BCUT2D eigenvalue weighted by Gasteiger charge is 2.18. The van der Waals surface area contributed by atoms with Gasteiger partial charge in [-0.15, -0.1) is 0 Å². The summed E-state index contributed by atoms with van der Waals surface area (Å²) >= 11 is 0. The van der Waals surface area contributed by atoms with Crippen LogP contribution in [-0.2, 0) is 11.2 Å². The zero-order chi connectivity index (χ0) is 9.26. The van der Waals surface area contributed by atoms with Crippen molar-refractivity contribution >= 4 is 17.5 Å². The SMILES string of the molecule is NCCc1cc2c(o1)NCC(=O)N2. The summed E-state index contributed by atoms with van der Waals surface area (Å²) in [6, 6.07) is 1.80. The number of anilines is 2. The number of hydrogen-bond donors (Lipinski definition) is 3. The Balaban J connectivity index is 2.23. The van der Waals surface area contributed by atoms with Crippen molar-refractivity contribution in [1.82, 2.24) is 0 Å². The summed E-state index contributed by atoms with van der Waals surface area (Å²) in [5, 5.41) is 5.57. The van der Waals surface area contributed by atoms with E-state index in [0.29, 0.717) is 24.5 Å². The van der Waals surface area contributed by atoms with Crippen molar-refractivity contribution in [2.45, 2.75) is 6.42 Å². The van der Waals surface area contributed by atoms with Crippen LogP contribution < -0.4 is 16.4 Å². The molecule has 0 atom stereocenters. The fourth-order valence-electron chi connectivity index (χ4n) is 1.29. The van der Waals surface area contributed by atoms with E-state index in [4.69, 9.17) is 10.2 Å². The lowest BCUT2D eigenvalue weighted by atomic mass is 10.3. The Bertz CT molecular complexity index is 332. The second kappa shape index (κ2) is 3.10. The van der Waals surface area contributed by atoms with Crippen molar-refractivity contribution in [2.75, 3.05) is 23.7 Å². The lowest BCUT2D eigenvalue weighted by molar-refractivity contribution is -0.114. The average Bonchev–Trinajstić information content (AvgIpc) is 2.46. The average molecular weight is 181 g/mol. The van der Waals surface area contributed by atoms with Crippen molar-refractivity contribution < 1.29 is 9.21 Å². The molecule has 5 heteroatoms. The Morgan fingerprint density at radius 3 is 3.23 bits per heavy atom. The molecule has 1 aliphatic heterocycles. The molecule has 0 fully saturated rings. The van der Waals surface area contributed by atoms with Crippen molar-refractivity contribution in [3.8, 4) is 0 Å². The molecule has 1 amide bonds. The molecule has 2 rings (SSSR count). The molecule has 2 heterocycles. The van der Waals surface area contributed by atoms with Gasteiger partial charge in [-0.3, -0.25) is 4.79 Å². The molecule has 0 spiro atoms. The number of hydrogen-bond acceptors (Lipinski definition) is 4. The minimum Gasteiger partial charge on any atom is -0.443 e. The summed E-state index contributed by atoms with van der Waals surface area (Å²) in [5.74, 6) is 1.37. The van der Waals surface area contributed by atoms with Crippen LogP contribution >= 0.6 is 0 Å². The summed E-state index contributed by atoms with van der Waals surface area (Å²) < 4.78 is 5.39. The number of carbonyl (C=O) groups is 1. The van der Waals surface area contributed by atoms with Gasteiger partial charge in [0.2, 0.25) is 11.8 Å². The molecule has 1 aliphatic rings. The second-order valence-electron chi connectivity index (χ2n) is 2.90. The third kappa shape index (κ3) is 1.50. The minimum atomic E-state index is -0.0485. The Hall–Kier alpha value is -1.49. The predicted molar refractivity (Wildman–Crippen MR) is 48.6 cm³/mol. The summed E-state index contributed by atoms with van der Waals surface area (Å²) in [6.07, 6.45) is 0.685. The van der Waals surface area contributed by atoms with Gasteiger partial charge in [-0.1, -0.05) is 0 Å². The number of amides is 1. The Labute approximate surface area is 75.3 Å². The first-order valence-electron chi connectivity index (χ1n) is 4.16. The third-order valence-electron chi connectivity index (χ3n) is 1.86. The largest absolute Gasteiger partial charge is 0.443 e. The van der Waals surface area contributed by atoms with Crippen molar-refractivity contribution in [3.63, 3.8) is 0 Å². The van der Waals surface area contributed by atoms with Crippen LogP contribution in [-0.4, -0.2) is 19.0 Å². The van der Waals surface area contributed by atoms with Crippen LogP contribution in [0, 0.1) is 0 Å². The van der Waals surface area contributed by atoms with Gasteiger partial charge in [0, 0.05) is 12.5 Å². The van der Waals surface area contributed by atoms with Crippen molar-refractivity contribution in [1.29, 1.82) is 0 Å². The molecule has 0 radical (unpaired) electrons. The van der Waals surface area contributed by atoms with Gasteiger partial charge < -0.3 is 20.8 Å². The molecule has 1 aromatic rings. The van der Waals surface area contributed by atoms with E-state index in [2.05, 4.69) is 10.6 Å². The fraction of sp³-hybridized carbons (Fsp3) is 0.375.